The van der Waals surface area contributed by atoms with Crippen LogP contribution >= 0.6 is 0 Å². The Morgan fingerprint density at radius 3 is 2.67 bits per heavy atom. The lowest BCUT2D eigenvalue weighted by molar-refractivity contribution is -0.141. The minimum absolute atomic E-state index is 0.0757. The maximum atomic E-state index is 12.6. The highest BCUT2D eigenvalue weighted by atomic mass is 16.4. The molecule has 2 aliphatic rings. The molecule has 1 saturated carbocycles. The number of carboxylic acids is 1. The predicted octanol–water partition coefficient (Wildman–Crippen LogP) is 2.01. The van der Waals surface area contributed by atoms with Crippen LogP contribution in [0.1, 0.15) is 58.8 Å². The summed E-state index contributed by atoms with van der Waals surface area (Å²) >= 11 is 0. The van der Waals surface area contributed by atoms with Gasteiger partial charge >= 0.3 is 5.97 Å². The first kappa shape index (κ1) is 16.3. The third-order valence-electron chi connectivity index (χ3n) is 4.99. The van der Waals surface area contributed by atoms with Crippen LogP contribution in [0.4, 0.5) is 0 Å². The van der Waals surface area contributed by atoms with Gasteiger partial charge in [0.1, 0.15) is 6.04 Å². The van der Waals surface area contributed by atoms with Gasteiger partial charge in [0.15, 0.2) is 0 Å². The first-order valence-electron chi connectivity index (χ1n) is 8.34. The van der Waals surface area contributed by atoms with Gasteiger partial charge in [-0.1, -0.05) is 26.2 Å². The van der Waals surface area contributed by atoms with Crippen LogP contribution in [0.25, 0.3) is 0 Å². The maximum Gasteiger partial charge on any atom is 0.320 e. The fraction of sp³-hybridized carbons (Fsp3) is 0.875. The number of amides is 1. The van der Waals surface area contributed by atoms with Crippen molar-refractivity contribution in [3.63, 3.8) is 0 Å². The molecule has 2 N–H and O–H groups in total. The Hall–Kier alpha value is -1.10. The van der Waals surface area contributed by atoms with Gasteiger partial charge in [0.05, 0.1) is 6.04 Å². The van der Waals surface area contributed by atoms with E-state index in [-0.39, 0.29) is 5.91 Å². The van der Waals surface area contributed by atoms with Crippen LogP contribution in [0.3, 0.4) is 0 Å². The number of hydrogen-bond donors (Lipinski definition) is 2. The molecule has 0 bridgehead atoms. The van der Waals surface area contributed by atoms with Gasteiger partial charge in [-0.05, 0) is 38.5 Å². The molecular formula is C16H28N2O3. The molecule has 1 aliphatic heterocycles. The summed E-state index contributed by atoms with van der Waals surface area (Å²) in [5.41, 5.74) is 0. The van der Waals surface area contributed by atoms with Crippen LogP contribution in [-0.2, 0) is 9.59 Å². The van der Waals surface area contributed by atoms with E-state index < -0.39 is 18.1 Å². The minimum Gasteiger partial charge on any atom is -0.480 e. The van der Waals surface area contributed by atoms with E-state index in [0.717, 1.165) is 25.8 Å². The Kier molecular flexibility index (Phi) is 5.62. The van der Waals surface area contributed by atoms with Crippen molar-refractivity contribution >= 4 is 11.9 Å². The molecule has 1 aliphatic carbocycles. The summed E-state index contributed by atoms with van der Waals surface area (Å²) in [5, 5.41) is 12.2. The number of hydrogen-bond acceptors (Lipinski definition) is 3. The first-order chi connectivity index (χ1) is 10.0. The van der Waals surface area contributed by atoms with Crippen molar-refractivity contribution < 1.29 is 14.7 Å². The minimum atomic E-state index is -0.867. The van der Waals surface area contributed by atoms with Crippen molar-refractivity contribution in [2.75, 3.05) is 6.54 Å². The molecule has 1 heterocycles. The smallest absolute Gasteiger partial charge is 0.320 e. The molecule has 0 aromatic carbocycles. The van der Waals surface area contributed by atoms with E-state index in [1.807, 2.05) is 11.8 Å². The van der Waals surface area contributed by atoms with E-state index >= 15 is 0 Å². The van der Waals surface area contributed by atoms with Crippen molar-refractivity contribution in [2.24, 2.45) is 5.92 Å². The second-order valence-corrected chi connectivity index (χ2v) is 6.50. The van der Waals surface area contributed by atoms with Crippen LogP contribution in [-0.4, -0.2) is 46.6 Å². The molecule has 5 heteroatoms. The Bertz CT molecular complexity index is 386. The molecule has 0 aromatic heterocycles. The fourth-order valence-corrected chi connectivity index (χ4v) is 3.87. The van der Waals surface area contributed by atoms with Crippen LogP contribution in [0.2, 0.25) is 0 Å². The van der Waals surface area contributed by atoms with Crippen molar-refractivity contribution in [1.29, 1.82) is 0 Å². The fourth-order valence-electron chi connectivity index (χ4n) is 3.87. The van der Waals surface area contributed by atoms with Gasteiger partial charge in [0.25, 0.3) is 0 Å². The predicted molar refractivity (Wildman–Crippen MR) is 81.0 cm³/mol. The van der Waals surface area contributed by atoms with E-state index in [1.54, 1.807) is 6.92 Å². The topological polar surface area (TPSA) is 69.6 Å². The number of carbonyl (C=O) groups excluding carboxylic acids is 1. The van der Waals surface area contributed by atoms with Crippen LogP contribution in [0, 0.1) is 5.92 Å². The van der Waals surface area contributed by atoms with Gasteiger partial charge in [-0.25, -0.2) is 0 Å². The van der Waals surface area contributed by atoms with E-state index in [2.05, 4.69) is 5.32 Å². The number of nitrogens with one attached hydrogen (secondary N) is 1. The van der Waals surface area contributed by atoms with Gasteiger partial charge in [-0.15, -0.1) is 0 Å². The first-order valence-corrected chi connectivity index (χ1v) is 8.34. The normalized spacial score (nSPS) is 28.0. The molecule has 0 spiro atoms. The lowest BCUT2D eigenvalue weighted by Crippen LogP contribution is -2.52. The van der Waals surface area contributed by atoms with Crippen molar-refractivity contribution in [1.82, 2.24) is 10.2 Å². The van der Waals surface area contributed by atoms with E-state index in [1.165, 1.54) is 19.3 Å². The number of rotatable bonds is 6. The highest BCUT2D eigenvalue weighted by molar-refractivity contribution is 5.83. The quantitative estimate of drug-likeness (QED) is 0.786. The number of nitrogens with zero attached hydrogens (tertiary/aromatic N) is 1. The summed E-state index contributed by atoms with van der Waals surface area (Å²) < 4.78 is 0. The molecule has 2 rings (SSSR count). The highest BCUT2D eigenvalue weighted by Gasteiger charge is 2.39. The Morgan fingerprint density at radius 1 is 1.29 bits per heavy atom. The molecule has 4 atom stereocenters. The summed E-state index contributed by atoms with van der Waals surface area (Å²) in [6.07, 6.45) is 7.30. The average Bonchev–Trinajstić information content (AvgIpc) is 2.89. The van der Waals surface area contributed by atoms with Crippen molar-refractivity contribution in [2.45, 2.75) is 76.9 Å². The molecule has 0 radical (unpaired) electrons. The van der Waals surface area contributed by atoms with Gasteiger partial charge in [0, 0.05) is 12.6 Å². The second kappa shape index (κ2) is 7.25. The van der Waals surface area contributed by atoms with E-state index in [4.69, 9.17) is 0 Å². The summed E-state index contributed by atoms with van der Waals surface area (Å²) in [5.74, 6) is -0.124. The second-order valence-electron chi connectivity index (χ2n) is 6.50. The number of carbonyl (C=O) groups is 2. The van der Waals surface area contributed by atoms with Gasteiger partial charge in [-0.2, -0.15) is 0 Å². The average molecular weight is 296 g/mol. The maximum absolute atomic E-state index is 12.6. The third-order valence-corrected chi connectivity index (χ3v) is 4.99. The molecule has 2 fully saturated rings. The Labute approximate surface area is 127 Å². The number of fused-ring (bicyclic) bond motifs is 1. The summed E-state index contributed by atoms with van der Waals surface area (Å²) in [4.78, 5) is 25.8. The Morgan fingerprint density at radius 2 is 2.00 bits per heavy atom. The third kappa shape index (κ3) is 3.76. The van der Waals surface area contributed by atoms with E-state index in [9.17, 15) is 14.7 Å². The van der Waals surface area contributed by atoms with Gasteiger partial charge < -0.3 is 10.0 Å². The largest absolute Gasteiger partial charge is 0.480 e. The highest BCUT2D eigenvalue weighted by Crippen LogP contribution is 2.36. The molecule has 0 aromatic rings. The SMILES string of the molecule is CCC[C@H](N[C@@H](C)C(=O)N1CC[C@@H]2CCCC[C@@H]21)C(=O)O. The van der Waals surface area contributed by atoms with Crippen molar-refractivity contribution in [3.8, 4) is 0 Å². The summed E-state index contributed by atoms with van der Waals surface area (Å²) in [6, 6.07) is -0.651. The zero-order valence-electron chi connectivity index (χ0n) is 13.2. The number of carboxylic acid groups (broad SMARTS) is 1. The summed E-state index contributed by atoms with van der Waals surface area (Å²) in [7, 11) is 0. The number of likely N-dealkylation sites (tertiary alicyclic amines) is 1. The monoisotopic (exact) mass is 296 g/mol. The molecule has 1 saturated heterocycles. The van der Waals surface area contributed by atoms with E-state index in [0.29, 0.717) is 18.4 Å². The Balaban J connectivity index is 1.94. The standard InChI is InChI=1S/C16H28N2O3/c1-3-6-13(16(20)21)17-11(2)15(19)18-10-9-12-7-4-5-8-14(12)18/h11-14,17H,3-10H2,1-2H3,(H,20,21)/t11-,12-,13-,14-/m0/s1. The molecule has 1 amide bonds. The lowest BCUT2D eigenvalue weighted by Gasteiger charge is -2.33. The molecular weight excluding hydrogens is 268 g/mol. The van der Waals surface area contributed by atoms with Crippen LogP contribution < -0.4 is 5.32 Å². The zero-order chi connectivity index (χ0) is 15.4. The van der Waals surface area contributed by atoms with Crippen LogP contribution in [0.5, 0.6) is 0 Å². The van der Waals surface area contributed by atoms with Crippen molar-refractivity contribution in [3.05, 3.63) is 0 Å². The molecule has 0 unspecified atom stereocenters. The number of aliphatic carboxylic acids is 1. The van der Waals surface area contributed by atoms with Gasteiger partial charge in [0.2, 0.25) is 5.91 Å². The van der Waals surface area contributed by atoms with Gasteiger partial charge in [-0.3, -0.25) is 14.9 Å². The zero-order valence-corrected chi connectivity index (χ0v) is 13.2. The molecule has 120 valence electrons. The molecule has 5 nitrogen and oxygen atoms in total. The lowest BCUT2D eigenvalue weighted by atomic mass is 9.85. The summed E-state index contributed by atoms with van der Waals surface area (Å²) in [6.45, 7) is 4.59. The molecule has 21 heavy (non-hydrogen) atoms. The van der Waals surface area contributed by atoms with Crippen LogP contribution in [0.15, 0.2) is 0 Å².